The van der Waals surface area contributed by atoms with E-state index in [0.29, 0.717) is 6.42 Å². The quantitative estimate of drug-likeness (QED) is 0.437. The summed E-state index contributed by atoms with van der Waals surface area (Å²) in [5, 5.41) is 2.13. The summed E-state index contributed by atoms with van der Waals surface area (Å²) in [5.41, 5.74) is 5.44. The summed E-state index contributed by atoms with van der Waals surface area (Å²) in [4.78, 5) is 33.0. The molecule has 0 heterocycles. The van der Waals surface area contributed by atoms with Gasteiger partial charge in [0.2, 0.25) is 5.78 Å². The number of esters is 1. The van der Waals surface area contributed by atoms with Gasteiger partial charge < -0.3 is 15.8 Å². The van der Waals surface area contributed by atoms with Crippen molar-refractivity contribution in [1.82, 2.24) is 5.32 Å². The number of amides is 1. The van der Waals surface area contributed by atoms with E-state index in [1.54, 1.807) is 0 Å². The van der Waals surface area contributed by atoms with Crippen molar-refractivity contribution < 1.29 is 19.1 Å². The second-order valence-electron chi connectivity index (χ2n) is 3.02. The molecule has 0 aliphatic heterocycles. The van der Waals surface area contributed by atoms with E-state index in [1.807, 2.05) is 6.92 Å². The fourth-order valence-electron chi connectivity index (χ4n) is 0.922. The van der Waals surface area contributed by atoms with E-state index >= 15 is 0 Å². The highest BCUT2D eigenvalue weighted by Gasteiger charge is 2.21. The lowest BCUT2D eigenvalue weighted by atomic mass is 10.1. The fourth-order valence-corrected chi connectivity index (χ4v) is 0.922. The van der Waals surface area contributed by atoms with Crippen molar-refractivity contribution in [2.45, 2.75) is 25.8 Å². The molecule has 1 atom stereocenters. The van der Waals surface area contributed by atoms with E-state index in [2.05, 4.69) is 10.1 Å². The molecule has 0 aliphatic carbocycles. The van der Waals surface area contributed by atoms with Crippen molar-refractivity contribution in [2.24, 2.45) is 5.73 Å². The number of hydrogen-bond donors (Lipinski definition) is 2. The first-order valence-electron chi connectivity index (χ1n) is 4.67. The molecule has 0 bridgehead atoms. The minimum Gasteiger partial charge on any atom is -0.468 e. The first-order valence-corrected chi connectivity index (χ1v) is 4.67. The molecule has 0 spiro atoms. The van der Waals surface area contributed by atoms with Gasteiger partial charge in [-0.25, -0.2) is 0 Å². The SMILES string of the molecule is CCCC(N)C(=O)C(=O)NCC(=O)OC. The molecule has 3 N–H and O–H groups in total. The molecule has 15 heavy (non-hydrogen) atoms. The highest BCUT2D eigenvalue weighted by molar-refractivity contribution is 6.38. The largest absolute Gasteiger partial charge is 0.468 e. The summed E-state index contributed by atoms with van der Waals surface area (Å²) in [6.07, 6.45) is 1.17. The predicted molar refractivity (Wildman–Crippen MR) is 52.9 cm³/mol. The van der Waals surface area contributed by atoms with Crippen LogP contribution in [0.5, 0.6) is 0 Å². The molecule has 0 rings (SSSR count). The Morgan fingerprint density at radius 3 is 2.47 bits per heavy atom. The molecular formula is C9H16N2O4. The van der Waals surface area contributed by atoms with Crippen LogP contribution < -0.4 is 11.1 Å². The van der Waals surface area contributed by atoms with Gasteiger partial charge in [-0.15, -0.1) is 0 Å². The number of rotatable bonds is 6. The van der Waals surface area contributed by atoms with Crippen LogP contribution >= 0.6 is 0 Å². The average Bonchev–Trinajstić information content (AvgIpc) is 2.24. The van der Waals surface area contributed by atoms with Crippen molar-refractivity contribution >= 4 is 17.7 Å². The van der Waals surface area contributed by atoms with Crippen LogP contribution in [0.1, 0.15) is 19.8 Å². The predicted octanol–water partition coefficient (Wildman–Crippen LogP) is -1.03. The van der Waals surface area contributed by atoms with Gasteiger partial charge in [0.05, 0.1) is 13.2 Å². The second kappa shape index (κ2) is 6.94. The van der Waals surface area contributed by atoms with Crippen LogP contribution in [0.2, 0.25) is 0 Å². The Labute approximate surface area is 88.1 Å². The van der Waals surface area contributed by atoms with Gasteiger partial charge in [-0.1, -0.05) is 13.3 Å². The fraction of sp³-hybridized carbons (Fsp3) is 0.667. The minimum atomic E-state index is -0.846. The molecule has 6 nitrogen and oxygen atoms in total. The molecule has 6 heteroatoms. The number of nitrogens with one attached hydrogen (secondary N) is 1. The monoisotopic (exact) mass is 216 g/mol. The maximum atomic E-state index is 11.2. The molecule has 0 aromatic carbocycles. The Kier molecular flexibility index (Phi) is 6.28. The zero-order valence-electron chi connectivity index (χ0n) is 8.91. The normalized spacial score (nSPS) is 11.7. The lowest BCUT2D eigenvalue weighted by Crippen LogP contribution is -2.44. The van der Waals surface area contributed by atoms with E-state index in [-0.39, 0.29) is 6.54 Å². The number of nitrogens with two attached hydrogens (primary N) is 1. The van der Waals surface area contributed by atoms with Crippen molar-refractivity contribution in [3.8, 4) is 0 Å². The zero-order valence-corrected chi connectivity index (χ0v) is 8.91. The Hall–Kier alpha value is -1.43. The minimum absolute atomic E-state index is 0.320. The smallest absolute Gasteiger partial charge is 0.325 e. The Morgan fingerprint density at radius 2 is 2.00 bits per heavy atom. The standard InChI is InChI=1S/C9H16N2O4/c1-3-4-6(10)8(13)9(14)11-5-7(12)15-2/h6H,3-5,10H2,1-2H3,(H,11,14). The third kappa shape index (κ3) is 5.11. The molecule has 0 fully saturated rings. The lowest BCUT2D eigenvalue weighted by molar-refractivity contribution is -0.143. The summed E-state index contributed by atoms with van der Waals surface area (Å²) >= 11 is 0. The van der Waals surface area contributed by atoms with Crippen LogP contribution in [0, 0.1) is 0 Å². The van der Waals surface area contributed by atoms with Gasteiger partial charge in [0.15, 0.2) is 0 Å². The zero-order chi connectivity index (χ0) is 11.8. The van der Waals surface area contributed by atoms with E-state index in [0.717, 1.165) is 6.42 Å². The van der Waals surface area contributed by atoms with Crippen LogP contribution in [0.25, 0.3) is 0 Å². The van der Waals surface area contributed by atoms with Gasteiger partial charge in [-0.3, -0.25) is 14.4 Å². The van der Waals surface area contributed by atoms with Gasteiger partial charge >= 0.3 is 5.97 Å². The number of methoxy groups -OCH3 is 1. The average molecular weight is 216 g/mol. The highest BCUT2D eigenvalue weighted by Crippen LogP contribution is 1.94. The van der Waals surface area contributed by atoms with E-state index in [4.69, 9.17) is 5.73 Å². The number of carbonyl (C=O) groups is 3. The van der Waals surface area contributed by atoms with Crippen LogP contribution in [-0.4, -0.2) is 37.4 Å². The summed E-state index contributed by atoms with van der Waals surface area (Å²) in [6.45, 7) is 1.54. The van der Waals surface area contributed by atoms with Crippen LogP contribution in [0.3, 0.4) is 0 Å². The molecule has 0 saturated carbocycles. The Morgan fingerprint density at radius 1 is 1.40 bits per heavy atom. The van der Waals surface area contributed by atoms with Crippen molar-refractivity contribution in [1.29, 1.82) is 0 Å². The van der Waals surface area contributed by atoms with Gasteiger partial charge in [0.25, 0.3) is 5.91 Å². The summed E-state index contributed by atoms with van der Waals surface area (Å²) in [7, 11) is 1.19. The Bertz CT molecular complexity index is 252. The molecule has 0 aromatic heterocycles. The molecule has 1 unspecified atom stereocenters. The van der Waals surface area contributed by atoms with Gasteiger partial charge in [-0.05, 0) is 6.42 Å². The van der Waals surface area contributed by atoms with Crippen LogP contribution in [0.4, 0.5) is 0 Å². The summed E-state index contributed by atoms with van der Waals surface area (Å²) in [6, 6.07) is -0.798. The summed E-state index contributed by atoms with van der Waals surface area (Å²) in [5.74, 6) is -2.16. The van der Waals surface area contributed by atoms with Crippen LogP contribution in [0.15, 0.2) is 0 Å². The topological polar surface area (TPSA) is 98.5 Å². The molecule has 0 radical (unpaired) electrons. The third-order valence-corrected chi connectivity index (χ3v) is 1.78. The van der Waals surface area contributed by atoms with E-state index < -0.39 is 23.7 Å². The van der Waals surface area contributed by atoms with Crippen molar-refractivity contribution in [3.63, 3.8) is 0 Å². The number of carbonyl (C=O) groups excluding carboxylic acids is 3. The van der Waals surface area contributed by atoms with E-state index in [1.165, 1.54) is 7.11 Å². The number of hydrogen-bond acceptors (Lipinski definition) is 5. The number of ether oxygens (including phenoxy) is 1. The second-order valence-corrected chi connectivity index (χ2v) is 3.02. The van der Waals surface area contributed by atoms with Gasteiger partial charge in [0, 0.05) is 0 Å². The van der Waals surface area contributed by atoms with E-state index in [9.17, 15) is 14.4 Å². The number of ketones is 1. The summed E-state index contributed by atoms with van der Waals surface area (Å²) < 4.78 is 4.29. The molecule has 0 aliphatic rings. The highest BCUT2D eigenvalue weighted by atomic mass is 16.5. The molecular weight excluding hydrogens is 200 g/mol. The molecule has 0 saturated heterocycles. The first-order chi connectivity index (χ1) is 7.02. The van der Waals surface area contributed by atoms with Gasteiger partial charge in [0.1, 0.15) is 6.54 Å². The third-order valence-electron chi connectivity index (χ3n) is 1.78. The maximum absolute atomic E-state index is 11.2. The van der Waals surface area contributed by atoms with Crippen LogP contribution in [-0.2, 0) is 19.1 Å². The molecule has 86 valence electrons. The lowest BCUT2D eigenvalue weighted by Gasteiger charge is -2.08. The number of Topliss-reactive ketones (excluding diaryl/α,β-unsaturated/α-hetero) is 1. The molecule has 0 aromatic rings. The van der Waals surface area contributed by atoms with Crippen molar-refractivity contribution in [3.05, 3.63) is 0 Å². The first kappa shape index (κ1) is 13.6. The Balaban J connectivity index is 3.99. The van der Waals surface area contributed by atoms with Gasteiger partial charge in [-0.2, -0.15) is 0 Å². The van der Waals surface area contributed by atoms with Crippen molar-refractivity contribution in [2.75, 3.05) is 13.7 Å². The molecule has 1 amide bonds. The maximum Gasteiger partial charge on any atom is 0.325 e.